The molecule has 0 atom stereocenters. The minimum Gasteiger partial charge on any atom is -0.480 e. The summed E-state index contributed by atoms with van der Waals surface area (Å²) in [7, 11) is 0. The lowest BCUT2D eigenvalue weighted by Crippen LogP contribution is -2.52. The number of hydrogen-bond donors (Lipinski definition) is 2. The van der Waals surface area contributed by atoms with E-state index in [1.807, 2.05) is 13.0 Å². The van der Waals surface area contributed by atoms with E-state index < -0.39 is 5.97 Å². The fourth-order valence-corrected chi connectivity index (χ4v) is 3.22. The molecule has 2 fully saturated rings. The third-order valence-corrected chi connectivity index (χ3v) is 4.73. The normalized spacial score (nSPS) is 23.6. The first-order chi connectivity index (χ1) is 11.0. The zero-order valence-corrected chi connectivity index (χ0v) is 14.0. The molecule has 2 aliphatic rings. The first-order valence-corrected chi connectivity index (χ1v) is 8.60. The van der Waals surface area contributed by atoms with Crippen LogP contribution in [0.25, 0.3) is 0 Å². The summed E-state index contributed by atoms with van der Waals surface area (Å²) >= 11 is 0. The van der Waals surface area contributed by atoms with E-state index in [1.165, 1.54) is 12.8 Å². The van der Waals surface area contributed by atoms with Gasteiger partial charge in [-0.15, -0.1) is 0 Å². The summed E-state index contributed by atoms with van der Waals surface area (Å²) in [6.45, 7) is 5.15. The van der Waals surface area contributed by atoms with Gasteiger partial charge >= 0.3 is 5.97 Å². The van der Waals surface area contributed by atoms with E-state index >= 15 is 0 Å². The highest BCUT2D eigenvalue weighted by Crippen LogP contribution is 2.34. The monoisotopic (exact) mass is 318 g/mol. The highest BCUT2D eigenvalue weighted by atomic mass is 16.4. The maximum absolute atomic E-state index is 11.1. The second-order valence-corrected chi connectivity index (χ2v) is 6.90. The standard InChI is InChI=1S/C17H26N4O2/c1-3-15-18-11(2)6-16(20-15)19-13-7-14(8-13)21(10-17(22)23)9-12-4-5-12/h6,12-14H,3-5,7-10H2,1-2H3,(H,22,23)(H,18,19,20). The Hall–Kier alpha value is -1.69. The average molecular weight is 318 g/mol. The molecular weight excluding hydrogens is 292 g/mol. The molecule has 2 N–H and O–H groups in total. The van der Waals surface area contributed by atoms with Crippen molar-refractivity contribution in [3.63, 3.8) is 0 Å². The molecule has 126 valence electrons. The Labute approximate surface area is 137 Å². The number of aryl methyl sites for hydroxylation is 2. The van der Waals surface area contributed by atoms with Crippen LogP contribution in [-0.2, 0) is 11.2 Å². The van der Waals surface area contributed by atoms with Gasteiger partial charge < -0.3 is 10.4 Å². The summed E-state index contributed by atoms with van der Waals surface area (Å²) in [6, 6.07) is 2.75. The minimum absolute atomic E-state index is 0.167. The van der Waals surface area contributed by atoms with Crippen LogP contribution in [0, 0.1) is 12.8 Å². The van der Waals surface area contributed by atoms with E-state index in [0.717, 1.165) is 49.1 Å². The number of anilines is 1. The number of carboxylic acid groups (broad SMARTS) is 1. The Balaban J connectivity index is 1.53. The fraction of sp³-hybridized carbons (Fsp3) is 0.706. The van der Waals surface area contributed by atoms with Gasteiger partial charge in [-0.05, 0) is 38.5 Å². The molecule has 2 aliphatic carbocycles. The summed E-state index contributed by atoms with van der Waals surface area (Å²) in [5.41, 5.74) is 0.983. The van der Waals surface area contributed by atoms with Crippen LogP contribution in [0.1, 0.15) is 44.1 Å². The first kappa shape index (κ1) is 16.2. The van der Waals surface area contributed by atoms with Crippen LogP contribution < -0.4 is 5.32 Å². The Morgan fingerprint density at radius 1 is 1.39 bits per heavy atom. The molecule has 0 aliphatic heterocycles. The van der Waals surface area contributed by atoms with E-state index in [1.54, 1.807) is 0 Å². The molecule has 2 saturated carbocycles. The van der Waals surface area contributed by atoms with Gasteiger partial charge in [-0.25, -0.2) is 9.97 Å². The molecule has 0 bridgehead atoms. The van der Waals surface area contributed by atoms with E-state index in [4.69, 9.17) is 5.11 Å². The number of rotatable bonds is 8. The second-order valence-electron chi connectivity index (χ2n) is 6.90. The molecule has 6 nitrogen and oxygen atoms in total. The van der Waals surface area contributed by atoms with Crippen molar-refractivity contribution in [3.05, 3.63) is 17.6 Å². The Kier molecular flexibility index (Phi) is 4.80. The van der Waals surface area contributed by atoms with Gasteiger partial charge in [-0.2, -0.15) is 0 Å². The lowest BCUT2D eigenvalue weighted by molar-refractivity contribution is -0.139. The smallest absolute Gasteiger partial charge is 0.317 e. The van der Waals surface area contributed by atoms with Gasteiger partial charge in [0, 0.05) is 36.8 Å². The molecule has 0 saturated heterocycles. The fourth-order valence-electron chi connectivity index (χ4n) is 3.22. The Morgan fingerprint density at radius 3 is 2.74 bits per heavy atom. The predicted octanol–water partition coefficient (Wildman–Crippen LogP) is 2.09. The van der Waals surface area contributed by atoms with Crippen molar-refractivity contribution in [2.24, 2.45) is 5.92 Å². The number of carbonyl (C=O) groups is 1. The molecule has 1 aromatic heterocycles. The van der Waals surface area contributed by atoms with Crippen LogP contribution >= 0.6 is 0 Å². The number of aliphatic carboxylic acids is 1. The first-order valence-electron chi connectivity index (χ1n) is 8.60. The molecule has 0 radical (unpaired) electrons. The van der Waals surface area contributed by atoms with E-state index in [0.29, 0.717) is 12.1 Å². The maximum Gasteiger partial charge on any atom is 0.317 e. The molecular formula is C17H26N4O2. The number of nitrogens with one attached hydrogen (secondary N) is 1. The molecule has 0 aromatic carbocycles. The van der Waals surface area contributed by atoms with Crippen molar-refractivity contribution in [3.8, 4) is 0 Å². The zero-order chi connectivity index (χ0) is 16.4. The SMILES string of the molecule is CCc1nc(C)cc(NC2CC(N(CC(=O)O)CC3CC3)C2)n1. The van der Waals surface area contributed by atoms with Gasteiger partial charge in [0.05, 0.1) is 6.54 Å². The van der Waals surface area contributed by atoms with E-state index in [9.17, 15) is 4.79 Å². The highest BCUT2D eigenvalue weighted by Gasteiger charge is 2.37. The van der Waals surface area contributed by atoms with Gasteiger partial charge in [0.2, 0.25) is 0 Å². The molecule has 0 amide bonds. The molecule has 23 heavy (non-hydrogen) atoms. The average Bonchev–Trinajstić information content (AvgIpc) is 3.24. The molecule has 1 heterocycles. The summed E-state index contributed by atoms with van der Waals surface area (Å²) in [5.74, 6) is 1.76. The van der Waals surface area contributed by atoms with Crippen LogP contribution in [0.4, 0.5) is 5.82 Å². The van der Waals surface area contributed by atoms with Crippen molar-refractivity contribution in [1.29, 1.82) is 0 Å². The molecule has 0 spiro atoms. The quantitative estimate of drug-likeness (QED) is 0.764. The summed E-state index contributed by atoms with van der Waals surface area (Å²) in [5, 5.41) is 12.6. The van der Waals surface area contributed by atoms with Gasteiger partial charge in [-0.1, -0.05) is 6.92 Å². The minimum atomic E-state index is -0.721. The topological polar surface area (TPSA) is 78.4 Å². The molecule has 3 rings (SSSR count). The third-order valence-electron chi connectivity index (χ3n) is 4.73. The number of aromatic nitrogens is 2. The largest absolute Gasteiger partial charge is 0.480 e. The number of hydrogen-bond acceptors (Lipinski definition) is 5. The van der Waals surface area contributed by atoms with Crippen LogP contribution in [0.5, 0.6) is 0 Å². The van der Waals surface area contributed by atoms with Crippen molar-refractivity contribution in [2.75, 3.05) is 18.4 Å². The summed E-state index contributed by atoms with van der Waals surface area (Å²) in [4.78, 5) is 22.1. The molecule has 6 heteroatoms. The van der Waals surface area contributed by atoms with Crippen molar-refractivity contribution in [1.82, 2.24) is 14.9 Å². The van der Waals surface area contributed by atoms with E-state index in [2.05, 4.69) is 27.1 Å². The van der Waals surface area contributed by atoms with Gasteiger partial charge in [0.25, 0.3) is 0 Å². The van der Waals surface area contributed by atoms with Gasteiger partial charge in [-0.3, -0.25) is 9.69 Å². The van der Waals surface area contributed by atoms with Crippen molar-refractivity contribution < 1.29 is 9.90 Å². The summed E-state index contributed by atoms with van der Waals surface area (Å²) < 4.78 is 0. The molecule has 1 aromatic rings. The van der Waals surface area contributed by atoms with Crippen LogP contribution in [-0.4, -0.2) is 51.1 Å². The lowest BCUT2D eigenvalue weighted by atomic mass is 9.85. The Bertz CT molecular complexity index is 568. The summed E-state index contributed by atoms with van der Waals surface area (Å²) in [6.07, 6.45) is 5.32. The molecule has 0 unspecified atom stereocenters. The van der Waals surface area contributed by atoms with Gasteiger partial charge in [0.1, 0.15) is 11.6 Å². The lowest BCUT2D eigenvalue weighted by Gasteiger charge is -2.43. The van der Waals surface area contributed by atoms with Crippen molar-refractivity contribution >= 4 is 11.8 Å². The number of carboxylic acids is 1. The predicted molar refractivity (Wildman–Crippen MR) is 88.5 cm³/mol. The van der Waals surface area contributed by atoms with Crippen LogP contribution in [0.2, 0.25) is 0 Å². The zero-order valence-electron chi connectivity index (χ0n) is 14.0. The maximum atomic E-state index is 11.1. The van der Waals surface area contributed by atoms with Crippen molar-refractivity contribution in [2.45, 2.75) is 58.0 Å². The van der Waals surface area contributed by atoms with Gasteiger partial charge in [0.15, 0.2) is 0 Å². The second kappa shape index (κ2) is 6.83. The van der Waals surface area contributed by atoms with Crippen LogP contribution in [0.15, 0.2) is 6.07 Å². The van der Waals surface area contributed by atoms with E-state index in [-0.39, 0.29) is 6.54 Å². The van der Waals surface area contributed by atoms with Crippen LogP contribution in [0.3, 0.4) is 0 Å². The highest BCUT2D eigenvalue weighted by molar-refractivity contribution is 5.69. The number of nitrogens with zero attached hydrogens (tertiary/aromatic N) is 3. The third kappa shape index (κ3) is 4.41. The Morgan fingerprint density at radius 2 is 2.13 bits per heavy atom.